The minimum Gasteiger partial charge on any atom is -0.750 e. The van der Waals surface area contributed by atoms with Crippen LogP contribution in [-0.2, 0) is 15.5 Å². The van der Waals surface area contributed by atoms with Gasteiger partial charge < -0.3 is 8.74 Å². The van der Waals surface area contributed by atoms with E-state index >= 15 is 0 Å². The fourth-order valence-corrected chi connectivity index (χ4v) is 1.57. The van der Waals surface area contributed by atoms with E-state index in [0.29, 0.717) is 6.61 Å². The maximum absolute atomic E-state index is 9.99. The van der Waals surface area contributed by atoms with Crippen LogP contribution in [0.5, 0.6) is 0 Å². The van der Waals surface area contributed by atoms with Crippen molar-refractivity contribution in [2.45, 2.75) is 52.4 Å². The Labute approximate surface area is 139 Å². The van der Waals surface area contributed by atoms with Crippen molar-refractivity contribution in [2.75, 3.05) is 6.61 Å². The Morgan fingerprint density at radius 3 is 2.20 bits per heavy atom. The van der Waals surface area contributed by atoms with Crippen LogP contribution in [0.3, 0.4) is 0 Å². The molecule has 0 heterocycles. The first-order valence-corrected chi connectivity index (χ1v) is 6.35. The van der Waals surface area contributed by atoms with Crippen molar-refractivity contribution in [3.05, 3.63) is 0 Å². The SMILES string of the molecule is CC(C)CCCCCCCOS(=O)[O-].[K+]. The molecule has 0 fully saturated rings. The van der Waals surface area contributed by atoms with Gasteiger partial charge in [0.25, 0.3) is 0 Å². The van der Waals surface area contributed by atoms with Crippen LogP contribution in [0.1, 0.15) is 52.4 Å². The van der Waals surface area contributed by atoms with E-state index < -0.39 is 11.4 Å². The van der Waals surface area contributed by atoms with E-state index in [-0.39, 0.29) is 51.4 Å². The molecule has 1 atom stereocenters. The largest absolute Gasteiger partial charge is 1.00 e. The molecule has 0 aromatic heterocycles. The zero-order valence-corrected chi connectivity index (χ0v) is 14.1. The smallest absolute Gasteiger partial charge is 0.750 e. The molecular formula is C10H21KO3S. The minimum absolute atomic E-state index is 0. The van der Waals surface area contributed by atoms with Crippen LogP contribution in [0.2, 0.25) is 0 Å². The third-order valence-corrected chi connectivity index (χ3v) is 2.46. The molecular weight excluding hydrogens is 239 g/mol. The van der Waals surface area contributed by atoms with E-state index in [1.54, 1.807) is 0 Å². The number of hydrogen-bond donors (Lipinski definition) is 0. The fraction of sp³-hybridized carbons (Fsp3) is 1.00. The van der Waals surface area contributed by atoms with E-state index in [0.717, 1.165) is 18.8 Å². The average Bonchev–Trinajstić information content (AvgIpc) is 2.08. The maximum Gasteiger partial charge on any atom is 1.00 e. The van der Waals surface area contributed by atoms with Gasteiger partial charge in [-0.05, 0) is 12.3 Å². The molecule has 0 N–H and O–H groups in total. The van der Waals surface area contributed by atoms with Gasteiger partial charge in [-0.15, -0.1) is 0 Å². The molecule has 5 heteroatoms. The molecule has 0 aromatic carbocycles. The molecule has 0 saturated carbocycles. The van der Waals surface area contributed by atoms with Crippen molar-refractivity contribution in [1.82, 2.24) is 0 Å². The topological polar surface area (TPSA) is 49.4 Å². The summed E-state index contributed by atoms with van der Waals surface area (Å²) in [4.78, 5) is 0. The summed E-state index contributed by atoms with van der Waals surface area (Å²) in [6.45, 7) is 4.80. The Hall–Kier alpha value is 1.71. The summed E-state index contributed by atoms with van der Waals surface area (Å²) in [5.74, 6) is 0.793. The van der Waals surface area contributed by atoms with E-state index in [2.05, 4.69) is 18.0 Å². The fourth-order valence-electron chi connectivity index (χ4n) is 1.31. The summed E-state index contributed by atoms with van der Waals surface area (Å²) in [6, 6.07) is 0. The summed E-state index contributed by atoms with van der Waals surface area (Å²) in [5, 5.41) is 0. The van der Waals surface area contributed by atoms with Crippen LogP contribution in [0.4, 0.5) is 0 Å². The zero-order chi connectivity index (χ0) is 10.8. The van der Waals surface area contributed by atoms with Crippen LogP contribution >= 0.6 is 0 Å². The Morgan fingerprint density at radius 2 is 1.67 bits per heavy atom. The van der Waals surface area contributed by atoms with Crippen molar-refractivity contribution in [3.63, 3.8) is 0 Å². The summed E-state index contributed by atoms with van der Waals surface area (Å²) < 4.78 is 24.4. The van der Waals surface area contributed by atoms with Gasteiger partial charge in [-0.25, -0.2) is 4.21 Å². The van der Waals surface area contributed by atoms with Gasteiger partial charge in [0, 0.05) is 0 Å². The second-order valence-corrected chi connectivity index (χ2v) is 4.62. The Kier molecular flexibility index (Phi) is 17.5. The predicted octanol–water partition coefficient (Wildman–Crippen LogP) is -0.202. The van der Waals surface area contributed by atoms with Crippen molar-refractivity contribution in [3.8, 4) is 0 Å². The van der Waals surface area contributed by atoms with E-state index in [4.69, 9.17) is 0 Å². The number of unbranched alkanes of at least 4 members (excludes halogenated alkanes) is 4. The molecule has 0 aliphatic carbocycles. The minimum atomic E-state index is -2.33. The molecule has 15 heavy (non-hydrogen) atoms. The molecule has 0 amide bonds. The standard InChI is InChI=1S/C10H22O3S.K/c1-10(2)8-6-4-3-5-7-9-13-14(11)12;/h10H,3-9H2,1-2H3,(H,11,12);/q;+1/p-1. The van der Waals surface area contributed by atoms with Crippen molar-refractivity contribution in [1.29, 1.82) is 0 Å². The molecule has 1 unspecified atom stereocenters. The molecule has 0 aromatic rings. The van der Waals surface area contributed by atoms with Gasteiger partial charge in [0.05, 0.1) is 18.0 Å². The molecule has 0 aliphatic rings. The first kappa shape index (κ1) is 19.1. The van der Waals surface area contributed by atoms with E-state index in [1.807, 2.05) is 0 Å². The van der Waals surface area contributed by atoms with Gasteiger partial charge in [0.15, 0.2) is 0 Å². The van der Waals surface area contributed by atoms with Crippen molar-refractivity contribution >= 4 is 11.4 Å². The summed E-state index contributed by atoms with van der Waals surface area (Å²) >= 11 is -2.33. The summed E-state index contributed by atoms with van der Waals surface area (Å²) in [6.07, 6.45) is 6.91. The Morgan fingerprint density at radius 1 is 1.13 bits per heavy atom. The molecule has 0 bridgehead atoms. The van der Waals surface area contributed by atoms with Gasteiger partial charge in [-0.3, -0.25) is 0 Å². The molecule has 0 radical (unpaired) electrons. The van der Waals surface area contributed by atoms with Crippen molar-refractivity contribution < 1.29 is 64.3 Å². The Bertz CT molecular complexity index is 154. The van der Waals surface area contributed by atoms with Gasteiger partial charge in [0.1, 0.15) is 0 Å². The first-order valence-electron chi connectivity index (χ1n) is 5.35. The molecule has 0 aliphatic heterocycles. The van der Waals surface area contributed by atoms with Gasteiger partial charge in [-0.1, -0.05) is 46.0 Å². The maximum atomic E-state index is 9.99. The number of hydrogen-bond acceptors (Lipinski definition) is 3. The monoisotopic (exact) mass is 260 g/mol. The van der Waals surface area contributed by atoms with Crippen LogP contribution in [0.25, 0.3) is 0 Å². The third kappa shape index (κ3) is 18.3. The van der Waals surface area contributed by atoms with Crippen LogP contribution in [-0.4, -0.2) is 15.4 Å². The van der Waals surface area contributed by atoms with Gasteiger partial charge in [0.2, 0.25) is 0 Å². The van der Waals surface area contributed by atoms with Crippen LogP contribution in [0, 0.1) is 5.92 Å². The molecule has 0 spiro atoms. The molecule has 0 rings (SSSR count). The second kappa shape index (κ2) is 13.8. The third-order valence-electron chi connectivity index (χ3n) is 2.11. The van der Waals surface area contributed by atoms with E-state index in [1.165, 1.54) is 25.7 Å². The average molecular weight is 260 g/mol. The summed E-state index contributed by atoms with van der Waals surface area (Å²) in [7, 11) is 0. The van der Waals surface area contributed by atoms with E-state index in [9.17, 15) is 8.76 Å². The normalized spacial score (nSPS) is 12.5. The summed E-state index contributed by atoms with van der Waals surface area (Å²) in [5.41, 5.74) is 0. The quantitative estimate of drug-likeness (QED) is 0.328. The number of rotatable bonds is 9. The first-order chi connectivity index (χ1) is 6.63. The van der Waals surface area contributed by atoms with Crippen LogP contribution < -0.4 is 51.4 Å². The molecule has 86 valence electrons. The molecule has 3 nitrogen and oxygen atoms in total. The molecule has 0 saturated heterocycles. The van der Waals surface area contributed by atoms with Gasteiger partial charge >= 0.3 is 51.4 Å². The second-order valence-electron chi connectivity index (χ2n) is 3.98. The zero-order valence-electron chi connectivity index (χ0n) is 10.2. The predicted molar refractivity (Wildman–Crippen MR) is 57.4 cm³/mol. The van der Waals surface area contributed by atoms with Crippen LogP contribution in [0.15, 0.2) is 0 Å². The van der Waals surface area contributed by atoms with Crippen molar-refractivity contribution in [2.24, 2.45) is 5.92 Å². The van der Waals surface area contributed by atoms with Gasteiger partial charge in [-0.2, -0.15) is 0 Å². The Balaban J connectivity index is 0.